The van der Waals surface area contributed by atoms with Crippen LogP contribution in [0.15, 0.2) is 0 Å². The van der Waals surface area contributed by atoms with Crippen molar-refractivity contribution in [2.75, 3.05) is 12.5 Å². The van der Waals surface area contributed by atoms with Gasteiger partial charge in [0.15, 0.2) is 5.04 Å². The lowest BCUT2D eigenvalue weighted by molar-refractivity contribution is -0.129. The van der Waals surface area contributed by atoms with Gasteiger partial charge in [0.2, 0.25) is 0 Å². The number of hydrogen-bond acceptors (Lipinski definition) is 2. The van der Waals surface area contributed by atoms with Crippen LogP contribution in [0, 0.1) is 5.41 Å². The van der Waals surface area contributed by atoms with Crippen molar-refractivity contribution in [3.05, 3.63) is 0 Å². The van der Waals surface area contributed by atoms with Crippen LogP contribution in [0.2, 0.25) is 0 Å². The molecule has 3 nitrogen and oxygen atoms in total. The SMILES string of the molecule is CCC(C)(C)S(C)(C)C(=N)C(=O)O. The fraction of sp³-hybridized carbons (Fsp3) is 0.778. The number of carboxylic acid groups (broad SMARTS) is 1. The van der Waals surface area contributed by atoms with Crippen LogP contribution >= 0.6 is 10.0 Å². The van der Waals surface area contributed by atoms with Crippen LogP contribution in [0.1, 0.15) is 27.2 Å². The first kappa shape index (κ1) is 12.5. The molecular formula is C9H19NO2S. The molecule has 0 spiro atoms. The van der Waals surface area contributed by atoms with Gasteiger partial charge >= 0.3 is 5.97 Å². The average molecular weight is 205 g/mol. The first-order valence-corrected chi connectivity index (χ1v) is 6.66. The molecule has 0 bridgehead atoms. The smallest absolute Gasteiger partial charge is 0.358 e. The fourth-order valence-electron chi connectivity index (χ4n) is 0.855. The van der Waals surface area contributed by atoms with Crippen LogP contribution in [-0.2, 0) is 4.79 Å². The van der Waals surface area contributed by atoms with E-state index in [9.17, 15) is 4.79 Å². The Morgan fingerprint density at radius 3 is 2.08 bits per heavy atom. The highest BCUT2D eigenvalue weighted by molar-refractivity contribution is 8.46. The normalized spacial score (nSPS) is 13.9. The van der Waals surface area contributed by atoms with Crippen molar-refractivity contribution in [2.45, 2.75) is 31.9 Å². The highest BCUT2D eigenvalue weighted by atomic mass is 32.3. The van der Waals surface area contributed by atoms with E-state index in [-0.39, 0.29) is 9.79 Å². The second kappa shape index (κ2) is 3.70. The van der Waals surface area contributed by atoms with Gasteiger partial charge in [-0.25, -0.2) is 4.79 Å². The number of rotatable bonds is 2. The van der Waals surface area contributed by atoms with Crippen molar-refractivity contribution in [2.24, 2.45) is 0 Å². The number of hydrogen-bond donors (Lipinski definition) is 2. The molecule has 0 rings (SSSR count). The van der Waals surface area contributed by atoms with Crippen LogP contribution in [0.3, 0.4) is 0 Å². The van der Waals surface area contributed by atoms with E-state index in [4.69, 9.17) is 10.5 Å². The van der Waals surface area contributed by atoms with Gasteiger partial charge in [-0.3, -0.25) is 5.41 Å². The summed E-state index contributed by atoms with van der Waals surface area (Å²) in [7, 11) is -1.50. The van der Waals surface area contributed by atoms with E-state index in [0.717, 1.165) is 6.42 Å². The third-order valence-corrected chi connectivity index (χ3v) is 7.18. The molecule has 0 saturated heterocycles. The zero-order valence-corrected chi connectivity index (χ0v) is 9.79. The molecule has 2 N–H and O–H groups in total. The highest BCUT2D eigenvalue weighted by Gasteiger charge is 2.37. The number of carboxylic acids is 1. The molecule has 0 radical (unpaired) electrons. The molecule has 0 aromatic heterocycles. The van der Waals surface area contributed by atoms with Crippen LogP contribution in [0.4, 0.5) is 0 Å². The lowest BCUT2D eigenvalue weighted by Gasteiger charge is -2.45. The summed E-state index contributed by atoms with van der Waals surface area (Å²) in [6.07, 6.45) is 4.69. The summed E-state index contributed by atoms with van der Waals surface area (Å²) in [5, 5.41) is 16.2. The minimum atomic E-state index is -1.50. The Morgan fingerprint density at radius 2 is 1.85 bits per heavy atom. The molecule has 0 amide bonds. The summed E-state index contributed by atoms with van der Waals surface area (Å²) >= 11 is 0. The van der Waals surface area contributed by atoms with Crippen molar-refractivity contribution >= 4 is 21.0 Å². The molecule has 0 aliphatic heterocycles. The van der Waals surface area contributed by atoms with Gasteiger partial charge < -0.3 is 5.11 Å². The van der Waals surface area contributed by atoms with Crippen LogP contribution < -0.4 is 0 Å². The van der Waals surface area contributed by atoms with E-state index in [1.165, 1.54) is 0 Å². The van der Waals surface area contributed by atoms with Crippen molar-refractivity contribution < 1.29 is 9.90 Å². The summed E-state index contributed by atoms with van der Waals surface area (Å²) in [5.41, 5.74) is 0. The maximum absolute atomic E-state index is 10.7. The van der Waals surface area contributed by atoms with Crippen molar-refractivity contribution in [3.63, 3.8) is 0 Å². The second-order valence-corrected chi connectivity index (χ2v) is 8.24. The quantitative estimate of drug-likeness (QED) is 0.537. The Kier molecular flexibility index (Phi) is 3.55. The Bertz CT molecular complexity index is 234. The van der Waals surface area contributed by atoms with Crippen LogP contribution in [0.5, 0.6) is 0 Å². The Hall–Kier alpha value is -0.510. The predicted molar refractivity (Wildman–Crippen MR) is 59.2 cm³/mol. The third-order valence-electron chi connectivity index (χ3n) is 2.94. The van der Waals surface area contributed by atoms with Gasteiger partial charge in [0, 0.05) is 0 Å². The molecule has 0 aromatic carbocycles. The number of nitrogens with one attached hydrogen (secondary N) is 1. The zero-order valence-electron chi connectivity index (χ0n) is 8.97. The van der Waals surface area contributed by atoms with Gasteiger partial charge in [-0.05, 0) is 23.7 Å². The molecule has 0 heterocycles. The summed E-state index contributed by atoms with van der Waals surface area (Å²) in [6, 6.07) is 0. The maximum atomic E-state index is 10.7. The van der Waals surface area contributed by atoms with Gasteiger partial charge in [-0.15, -0.1) is 0 Å². The average Bonchev–Trinajstić information content (AvgIpc) is 2.02. The van der Waals surface area contributed by atoms with E-state index < -0.39 is 16.0 Å². The lowest BCUT2D eigenvalue weighted by Crippen LogP contribution is -2.34. The standard InChI is InChI=1S/C9H19NO2S/c1-6-9(2,3)13(4,5)7(10)8(11)12/h10H,6H2,1-5H3,(H,11,12). The molecule has 78 valence electrons. The van der Waals surface area contributed by atoms with Gasteiger partial charge in [0.25, 0.3) is 0 Å². The highest BCUT2D eigenvalue weighted by Crippen LogP contribution is 2.55. The molecule has 0 unspecified atom stereocenters. The molecule has 13 heavy (non-hydrogen) atoms. The second-order valence-electron chi connectivity index (χ2n) is 4.07. The minimum absolute atomic E-state index is 0.0809. The first-order chi connectivity index (χ1) is 5.66. The molecule has 0 aliphatic carbocycles. The predicted octanol–water partition coefficient (Wildman–Crippen LogP) is 2.30. The van der Waals surface area contributed by atoms with Crippen molar-refractivity contribution in [3.8, 4) is 0 Å². The van der Waals surface area contributed by atoms with E-state index in [1.807, 2.05) is 33.3 Å². The number of carbonyl (C=O) groups is 1. The summed E-state index contributed by atoms with van der Waals surface area (Å²) in [4.78, 5) is 10.7. The summed E-state index contributed by atoms with van der Waals surface area (Å²) in [5.74, 6) is -1.08. The molecule has 0 aliphatic rings. The largest absolute Gasteiger partial charge is 0.476 e. The molecule has 0 saturated carbocycles. The fourth-order valence-corrected chi connectivity index (χ4v) is 2.57. The van der Waals surface area contributed by atoms with Crippen LogP contribution in [0.25, 0.3) is 0 Å². The lowest BCUT2D eigenvalue weighted by atomic mass is 10.1. The van der Waals surface area contributed by atoms with Crippen molar-refractivity contribution in [1.82, 2.24) is 0 Å². The summed E-state index contributed by atoms with van der Waals surface area (Å²) in [6.45, 7) is 6.09. The Morgan fingerprint density at radius 1 is 1.46 bits per heavy atom. The molecule has 4 heteroatoms. The topological polar surface area (TPSA) is 61.2 Å². The van der Waals surface area contributed by atoms with E-state index >= 15 is 0 Å². The van der Waals surface area contributed by atoms with Gasteiger partial charge in [-0.1, -0.05) is 20.8 Å². The monoisotopic (exact) mass is 205 g/mol. The van der Waals surface area contributed by atoms with Gasteiger partial charge in [0.05, 0.1) is 0 Å². The van der Waals surface area contributed by atoms with Gasteiger partial charge in [0.1, 0.15) is 0 Å². The van der Waals surface area contributed by atoms with E-state index in [0.29, 0.717) is 0 Å². The molecule has 0 fully saturated rings. The molecular weight excluding hydrogens is 186 g/mol. The zero-order chi connectivity index (χ0) is 10.9. The Labute approximate surface area is 81.4 Å². The van der Waals surface area contributed by atoms with Crippen LogP contribution in [-0.4, -0.2) is 33.4 Å². The first-order valence-electron chi connectivity index (χ1n) is 4.21. The summed E-state index contributed by atoms with van der Waals surface area (Å²) < 4.78 is -0.0809. The maximum Gasteiger partial charge on any atom is 0.358 e. The van der Waals surface area contributed by atoms with Crippen molar-refractivity contribution in [1.29, 1.82) is 5.41 Å². The van der Waals surface area contributed by atoms with E-state index in [1.54, 1.807) is 0 Å². The van der Waals surface area contributed by atoms with Gasteiger partial charge in [-0.2, -0.15) is 10.0 Å². The van der Waals surface area contributed by atoms with E-state index in [2.05, 4.69) is 0 Å². The third kappa shape index (κ3) is 2.24. The Balaban J connectivity index is 4.96. The molecule has 0 atom stereocenters. The molecule has 0 aromatic rings. The minimum Gasteiger partial charge on any atom is -0.476 e. The number of aliphatic carboxylic acids is 1.